The third-order valence-electron chi connectivity index (χ3n) is 2.78. The fraction of sp³-hybridized carbons (Fsp3) is 0.545. The van der Waals surface area contributed by atoms with E-state index < -0.39 is 0 Å². The Labute approximate surface area is 94.1 Å². The Bertz CT molecular complexity index is 345. The van der Waals surface area contributed by atoms with Crippen LogP contribution in [0.2, 0.25) is 0 Å². The third kappa shape index (κ3) is 2.06. The van der Waals surface area contributed by atoms with E-state index in [4.69, 9.17) is 0 Å². The molecule has 0 saturated carbocycles. The van der Waals surface area contributed by atoms with Crippen molar-refractivity contribution >= 4 is 17.2 Å². The predicted octanol–water partition coefficient (Wildman–Crippen LogP) is 1.57. The van der Waals surface area contributed by atoms with Crippen LogP contribution in [0.25, 0.3) is 0 Å². The van der Waals surface area contributed by atoms with E-state index in [1.54, 1.807) is 0 Å². The summed E-state index contributed by atoms with van der Waals surface area (Å²) < 4.78 is 0. The van der Waals surface area contributed by atoms with Gasteiger partial charge in [-0.25, -0.2) is 0 Å². The lowest BCUT2D eigenvalue weighted by atomic mass is 10.00. The maximum absolute atomic E-state index is 12.2. The number of carbonyl (C=O) groups is 1. The Hall–Kier alpha value is -0.870. The molecule has 1 N–H and O–H groups in total. The Balaban J connectivity index is 2.19. The summed E-state index contributed by atoms with van der Waals surface area (Å²) in [5.41, 5.74) is -0.0840. The molecule has 0 atom stereocenters. The number of amides is 1. The van der Waals surface area contributed by atoms with Crippen molar-refractivity contribution in [3.8, 4) is 0 Å². The van der Waals surface area contributed by atoms with Gasteiger partial charge in [0.2, 0.25) is 0 Å². The molecule has 0 aromatic carbocycles. The molecule has 0 radical (unpaired) electrons. The number of thiophene rings is 1. The summed E-state index contributed by atoms with van der Waals surface area (Å²) in [6.07, 6.45) is 0. The van der Waals surface area contributed by atoms with E-state index in [1.165, 1.54) is 11.3 Å². The van der Waals surface area contributed by atoms with E-state index in [2.05, 4.69) is 19.2 Å². The summed E-state index contributed by atoms with van der Waals surface area (Å²) in [7, 11) is 0. The highest BCUT2D eigenvalue weighted by Gasteiger charge is 2.33. The van der Waals surface area contributed by atoms with E-state index in [0.29, 0.717) is 0 Å². The number of rotatable bonds is 1. The van der Waals surface area contributed by atoms with Gasteiger partial charge in [-0.05, 0) is 25.3 Å². The van der Waals surface area contributed by atoms with Crippen LogP contribution < -0.4 is 5.32 Å². The van der Waals surface area contributed by atoms with Crippen molar-refractivity contribution in [2.45, 2.75) is 19.4 Å². The number of nitrogens with zero attached hydrogens (tertiary/aromatic N) is 1. The van der Waals surface area contributed by atoms with Crippen molar-refractivity contribution in [3.05, 3.63) is 22.4 Å². The molecule has 1 aromatic rings. The van der Waals surface area contributed by atoms with Gasteiger partial charge in [-0.15, -0.1) is 11.3 Å². The van der Waals surface area contributed by atoms with Crippen LogP contribution >= 0.6 is 11.3 Å². The molecule has 1 aliphatic rings. The highest BCUT2D eigenvalue weighted by molar-refractivity contribution is 7.12. The highest BCUT2D eigenvalue weighted by Crippen LogP contribution is 2.21. The average molecular weight is 224 g/mol. The van der Waals surface area contributed by atoms with Crippen LogP contribution in [0.5, 0.6) is 0 Å². The van der Waals surface area contributed by atoms with Crippen LogP contribution in [0.15, 0.2) is 17.5 Å². The van der Waals surface area contributed by atoms with Crippen molar-refractivity contribution in [2.75, 3.05) is 19.6 Å². The zero-order valence-corrected chi connectivity index (χ0v) is 9.93. The molecule has 1 aliphatic heterocycles. The van der Waals surface area contributed by atoms with E-state index in [1.807, 2.05) is 22.4 Å². The topological polar surface area (TPSA) is 32.3 Å². The molecule has 1 aromatic heterocycles. The van der Waals surface area contributed by atoms with Crippen molar-refractivity contribution in [3.63, 3.8) is 0 Å². The molecular weight excluding hydrogens is 208 g/mol. The molecule has 1 amide bonds. The van der Waals surface area contributed by atoms with Gasteiger partial charge < -0.3 is 10.2 Å². The van der Waals surface area contributed by atoms with E-state index in [9.17, 15) is 4.79 Å². The third-order valence-corrected chi connectivity index (χ3v) is 3.64. The zero-order chi connectivity index (χ0) is 10.9. The van der Waals surface area contributed by atoms with Crippen LogP contribution in [0.1, 0.15) is 23.5 Å². The summed E-state index contributed by atoms with van der Waals surface area (Å²) in [4.78, 5) is 15.0. The molecule has 0 unspecified atom stereocenters. The Morgan fingerprint density at radius 3 is 3.00 bits per heavy atom. The smallest absolute Gasteiger partial charge is 0.264 e. The van der Waals surface area contributed by atoms with Gasteiger partial charge in [0.1, 0.15) is 0 Å². The molecule has 0 aliphatic carbocycles. The molecule has 0 bridgehead atoms. The van der Waals surface area contributed by atoms with Crippen molar-refractivity contribution in [2.24, 2.45) is 0 Å². The Morgan fingerprint density at radius 2 is 2.40 bits per heavy atom. The SMILES string of the molecule is CC1(C)CNCCN1C(=O)c1cccs1. The summed E-state index contributed by atoms with van der Waals surface area (Å²) >= 11 is 1.51. The van der Waals surface area contributed by atoms with E-state index >= 15 is 0 Å². The first-order chi connectivity index (χ1) is 7.11. The number of hydrogen-bond donors (Lipinski definition) is 1. The lowest BCUT2D eigenvalue weighted by Gasteiger charge is -2.42. The fourth-order valence-electron chi connectivity index (χ4n) is 1.89. The van der Waals surface area contributed by atoms with Gasteiger partial charge in [0.15, 0.2) is 0 Å². The predicted molar refractivity (Wildman–Crippen MR) is 62.3 cm³/mol. The molecule has 1 saturated heterocycles. The molecule has 82 valence electrons. The summed E-state index contributed by atoms with van der Waals surface area (Å²) in [6.45, 7) is 6.75. The first kappa shape index (κ1) is 10.6. The van der Waals surface area contributed by atoms with Crippen molar-refractivity contribution < 1.29 is 4.79 Å². The molecule has 15 heavy (non-hydrogen) atoms. The Morgan fingerprint density at radius 1 is 1.60 bits per heavy atom. The van der Waals surface area contributed by atoms with Crippen molar-refractivity contribution in [1.82, 2.24) is 10.2 Å². The number of hydrogen-bond acceptors (Lipinski definition) is 3. The highest BCUT2D eigenvalue weighted by atomic mass is 32.1. The second-order valence-electron chi connectivity index (χ2n) is 4.42. The van der Waals surface area contributed by atoms with Gasteiger partial charge in [0.05, 0.1) is 10.4 Å². The monoisotopic (exact) mass is 224 g/mol. The zero-order valence-electron chi connectivity index (χ0n) is 9.12. The van der Waals surface area contributed by atoms with Crippen LogP contribution in [-0.4, -0.2) is 36.0 Å². The number of nitrogens with one attached hydrogen (secondary N) is 1. The number of piperazine rings is 1. The standard InChI is InChI=1S/C11H16N2OS/c1-11(2)8-12-5-6-13(11)10(14)9-4-3-7-15-9/h3-4,7,12H,5-6,8H2,1-2H3. The van der Waals surface area contributed by atoms with Gasteiger partial charge in [-0.1, -0.05) is 6.07 Å². The second kappa shape index (κ2) is 3.94. The lowest BCUT2D eigenvalue weighted by Crippen LogP contribution is -2.59. The minimum atomic E-state index is -0.0840. The maximum Gasteiger partial charge on any atom is 0.264 e. The molecule has 4 heteroatoms. The van der Waals surface area contributed by atoms with Gasteiger partial charge in [-0.2, -0.15) is 0 Å². The molecule has 1 fully saturated rings. The normalized spacial score (nSPS) is 20.3. The molecule has 2 heterocycles. The molecular formula is C11H16N2OS. The summed E-state index contributed by atoms with van der Waals surface area (Å²) in [5.74, 6) is 0.163. The Kier molecular flexibility index (Phi) is 2.80. The van der Waals surface area contributed by atoms with Gasteiger partial charge >= 0.3 is 0 Å². The minimum absolute atomic E-state index is 0.0840. The summed E-state index contributed by atoms with van der Waals surface area (Å²) in [6, 6.07) is 3.82. The first-order valence-corrected chi connectivity index (χ1v) is 6.05. The van der Waals surface area contributed by atoms with Gasteiger partial charge in [0.25, 0.3) is 5.91 Å². The largest absolute Gasteiger partial charge is 0.330 e. The van der Waals surface area contributed by atoms with Gasteiger partial charge in [-0.3, -0.25) is 4.79 Å². The number of carbonyl (C=O) groups excluding carboxylic acids is 1. The minimum Gasteiger partial charge on any atom is -0.330 e. The van der Waals surface area contributed by atoms with Crippen LogP contribution in [0, 0.1) is 0 Å². The quantitative estimate of drug-likeness (QED) is 0.785. The average Bonchev–Trinajstić information content (AvgIpc) is 2.69. The molecule has 3 nitrogen and oxygen atoms in total. The summed E-state index contributed by atoms with van der Waals surface area (Å²) in [5, 5.41) is 5.26. The van der Waals surface area contributed by atoms with Crippen LogP contribution in [0.4, 0.5) is 0 Å². The van der Waals surface area contributed by atoms with Gasteiger partial charge in [0, 0.05) is 19.6 Å². The van der Waals surface area contributed by atoms with Crippen LogP contribution in [-0.2, 0) is 0 Å². The fourth-order valence-corrected chi connectivity index (χ4v) is 2.56. The maximum atomic E-state index is 12.2. The lowest BCUT2D eigenvalue weighted by molar-refractivity contribution is 0.0482. The molecule has 2 rings (SSSR count). The van der Waals surface area contributed by atoms with E-state index in [-0.39, 0.29) is 11.4 Å². The first-order valence-electron chi connectivity index (χ1n) is 5.17. The van der Waals surface area contributed by atoms with E-state index in [0.717, 1.165) is 24.5 Å². The van der Waals surface area contributed by atoms with Crippen molar-refractivity contribution in [1.29, 1.82) is 0 Å². The molecule has 0 spiro atoms. The van der Waals surface area contributed by atoms with Crippen LogP contribution in [0.3, 0.4) is 0 Å². The second-order valence-corrected chi connectivity index (χ2v) is 5.37.